The minimum atomic E-state index is -3.07. The molecule has 0 spiro atoms. The summed E-state index contributed by atoms with van der Waals surface area (Å²) in [5, 5.41) is 9.00. The number of likely N-dealkylation sites (tertiary alicyclic amines) is 1. The van der Waals surface area contributed by atoms with E-state index < -0.39 is 30.8 Å². The molecule has 0 aromatic carbocycles. The summed E-state index contributed by atoms with van der Waals surface area (Å²) in [4.78, 5) is 34.1. The molecular formula is C20H18F2N4O2. The van der Waals surface area contributed by atoms with Crippen LogP contribution in [0.25, 0.3) is 11.1 Å². The zero-order valence-electron chi connectivity index (χ0n) is 15.2. The molecule has 1 amide bonds. The second-order valence-corrected chi connectivity index (χ2v) is 6.76. The number of carbonyl (C=O) groups excluding carboxylic acids is 2. The predicted molar refractivity (Wildman–Crippen MR) is 96.4 cm³/mol. The van der Waals surface area contributed by atoms with Crippen LogP contribution in [-0.4, -0.2) is 45.1 Å². The third-order valence-electron chi connectivity index (χ3n) is 4.63. The molecule has 6 nitrogen and oxygen atoms in total. The zero-order valence-corrected chi connectivity index (χ0v) is 15.2. The molecule has 1 fully saturated rings. The van der Waals surface area contributed by atoms with Crippen molar-refractivity contribution in [2.24, 2.45) is 0 Å². The van der Waals surface area contributed by atoms with Gasteiger partial charge in [0.1, 0.15) is 6.04 Å². The molecule has 3 rings (SSSR count). The Kier molecular flexibility index (Phi) is 5.45. The summed E-state index contributed by atoms with van der Waals surface area (Å²) < 4.78 is 27.0. The molecule has 28 heavy (non-hydrogen) atoms. The molecule has 1 saturated heterocycles. The van der Waals surface area contributed by atoms with Gasteiger partial charge in [0.25, 0.3) is 5.92 Å². The smallest absolute Gasteiger partial charge is 0.268 e. The van der Waals surface area contributed by atoms with E-state index in [0.717, 1.165) is 16.2 Å². The van der Waals surface area contributed by atoms with Crippen molar-refractivity contribution in [1.82, 2.24) is 14.9 Å². The third-order valence-corrected chi connectivity index (χ3v) is 4.63. The lowest BCUT2D eigenvalue weighted by Gasteiger charge is -2.19. The van der Waals surface area contributed by atoms with E-state index in [1.165, 1.54) is 6.20 Å². The molecule has 1 aliphatic heterocycles. The number of ketones is 1. The van der Waals surface area contributed by atoms with Crippen LogP contribution in [0, 0.1) is 18.3 Å². The average molecular weight is 384 g/mol. The third kappa shape index (κ3) is 4.19. The van der Waals surface area contributed by atoms with Crippen LogP contribution in [0.4, 0.5) is 8.78 Å². The number of alkyl halides is 2. The van der Waals surface area contributed by atoms with Gasteiger partial charge in [-0.25, -0.2) is 8.78 Å². The van der Waals surface area contributed by atoms with Gasteiger partial charge in [0.15, 0.2) is 5.78 Å². The van der Waals surface area contributed by atoms with Crippen molar-refractivity contribution in [3.05, 3.63) is 48.0 Å². The van der Waals surface area contributed by atoms with E-state index >= 15 is 0 Å². The van der Waals surface area contributed by atoms with Gasteiger partial charge in [-0.2, -0.15) is 5.26 Å². The Labute approximate surface area is 160 Å². The monoisotopic (exact) mass is 384 g/mol. The van der Waals surface area contributed by atoms with Crippen LogP contribution < -0.4 is 0 Å². The molecular weight excluding hydrogens is 366 g/mol. The minimum absolute atomic E-state index is 0.139. The van der Waals surface area contributed by atoms with Crippen LogP contribution >= 0.6 is 0 Å². The van der Waals surface area contributed by atoms with Gasteiger partial charge in [-0.05, 0) is 30.7 Å². The van der Waals surface area contributed by atoms with Crippen molar-refractivity contribution in [2.45, 2.75) is 38.2 Å². The van der Waals surface area contributed by atoms with Crippen LogP contribution in [0.1, 0.15) is 35.3 Å². The topological polar surface area (TPSA) is 87.0 Å². The second-order valence-electron chi connectivity index (χ2n) is 6.76. The highest BCUT2D eigenvalue weighted by Crippen LogP contribution is 2.32. The van der Waals surface area contributed by atoms with E-state index in [1.807, 2.05) is 13.0 Å². The first-order valence-corrected chi connectivity index (χ1v) is 8.78. The lowest BCUT2D eigenvalue weighted by Crippen LogP contribution is -2.36. The highest BCUT2D eigenvalue weighted by molar-refractivity contribution is 6.03. The number of amides is 1. The fourth-order valence-electron chi connectivity index (χ4n) is 3.27. The van der Waals surface area contributed by atoms with Crippen molar-refractivity contribution in [2.75, 3.05) is 6.54 Å². The number of halogens is 2. The number of nitrogens with zero attached hydrogens (tertiary/aromatic N) is 4. The number of carbonyl (C=O) groups is 2. The van der Waals surface area contributed by atoms with E-state index in [-0.39, 0.29) is 18.6 Å². The van der Waals surface area contributed by atoms with Gasteiger partial charge in [0, 0.05) is 54.7 Å². The van der Waals surface area contributed by atoms with Gasteiger partial charge in [0.2, 0.25) is 5.91 Å². The van der Waals surface area contributed by atoms with Crippen LogP contribution in [0.5, 0.6) is 0 Å². The molecule has 144 valence electrons. The van der Waals surface area contributed by atoms with Gasteiger partial charge >= 0.3 is 0 Å². The SMILES string of the molecule is Cc1cc(-c2cnccc2C(=O)CCC(=O)N2CC(F)(F)C[C@H]2C#N)ccn1. The Morgan fingerprint density at radius 2 is 2.11 bits per heavy atom. The number of rotatable bonds is 5. The lowest BCUT2D eigenvalue weighted by molar-refractivity contribution is -0.132. The highest BCUT2D eigenvalue weighted by atomic mass is 19.3. The molecule has 8 heteroatoms. The molecule has 0 bridgehead atoms. The Bertz CT molecular complexity index is 955. The van der Waals surface area contributed by atoms with E-state index in [4.69, 9.17) is 5.26 Å². The number of pyridine rings is 2. The maximum atomic E-state index is 13.5. The Morgan fingerprint density at radius 3 is 2.82 bits per heavy atom. The molecule has 3 heterocycles. The number of aryl methyl sites for hydroxylation is 1. The molecule has 0 unspecified atom stereocenters. The number of aromatic nitrogens is 2. The first kappa shape index (κ1) is 19.5. The lowest BCUT2D eigenvalue weighted by atomic mass is 9.97. The fraction of sp³-hybridized carbons (Fsp3) is 0.350. The predicted octanol–water partition coefficient (Wildman–Crippen LogP) is 3.17. The van der Waals surface area contributed by atoms with Gasteiger partial charge < -0.3 is 4.90 Å². The summed E-state index contributed by atoms with van der Waals surface area (Å²) in [6.45, 7) is 1.05. The maximum Gasteiger partial charge on any atom is 0.268 e. The summed E-state index contributed by atoms with van der Waals surface area (Å²) in [5.41, 5.74) is 2.58. The van der Waals surface area contributed by atoms with Crippen molar-refractivity contribution < 1.29 is 18.4 Å². The van der Waals surface area contributed by atoms with Gasteiger partial charge in [-0.15, -0.1) is 0 Å². The molecule has 2 aromatic heterocycles. The van der Waals surface area contributed by atoms with E-state index in [2.05, 4.69) is 9.97 Å². The quantitative estimate of drug-likeness (QED) is 0.739. The normalized spacial score (nSPS) is 17.9. The van der Waals surface area contributed by atoms with Crippen molar-refractivity contribution in [3.8, 4) is 17.2 Å². The summed E-state index contributed by atoms with van der Waals surface area (Å²) in [5.74, 6) is -3.98. The van der Waals surface area contributed by atoms with Crippen molar-refractivity contribution in [1.29, 1.82) is 5.26 Å². The van der Waals surface area contributed by atoms with Crippen molar-refractivity contribution in [3.63, 3.8) is 0 Å². The number of nitriles is 1. The molecule has 1 atom stereocenters. The summed E-state index contributed by atoms with van der Waals surface area (Å²) in [6, 6.07) is 5.72. The fourth-order valence-corrected chi connectivity index (χ4v) is 3.27. The molecule has 2 aromatic rings. The number of hydrogen-bond donors (Lipinski definition) is 0. The summed E-state index contributed by atoms with van der Waals surface area (Å²) in [7, 11) is 0. The van der Waals surface area contributed by atoms with Gasteiger partial charge in [0.05, 0.1) is 12.6 Å². The van der Waals surface area contributed by atoms with E-state index in [9.17, 15) is 18.4 Å². The Morgan fingerprint density at radius 1 is 1.32 bits per heavy atom. The number of Topliss-reactive ketones (excluding diaryl/α,β-unsaturated/α-hetero) is 1. The van der Waals surface area contributed by atoms with Crippen LogP contribution in [0.3, 0.4) is 0 Å². The molecule has 1 aliphatic rings. The first-order chi connectivity index (χ1) is 13.3. The zero-order chi connectivity index (χ0) is 20.3. The maximum absolute atomic E-state index is 13.5. The first-order valence-electron chi connectivity index (χ1n) is 8.78. The standard InChI is InChI=1S/C20H18F2N4O2/c1-13-8-14(4-7-25-13)17-11-24-6-5-16(17)18(27)2-3-19(28)26-12-20(21,22)9-15(26)10-23/h4-8,11,15H,2-3,9,12H2,1H3/t15-/m0/s1. The van der Waals surface area contributed by atoms with E-state index in [0.29, 0.717) is 11.1 Å². The average Bonchev–Trinajstić information content (AvgIpc) is 3.00. The van der Waals surface area contributed by atoms with Crippen molar-refractivity contribution >= 4 is 11.7 Å². The Hall–Kier alpha value is -3.21. The largest absolute Gasteiger partial charge is 0.320 e. The van der Waals surface area contributed by atoms with Crippen LogP contribution in [-0.2, 0) is 4.79 Å². The number of hydrogen-bond acceptors (Lipinski definition) is 5. The van der Waals surface area contributed by atoms with Gasteiger partial charge in [-0.3, -0.25) is 19.6 Å². The summed E-state index contributed by atoms with van der Waals surface area (Å²) in [6.07, 6.45) is 3.64. The van der Waals surface area contributed by atoms with Crippen LogP contribution in [0.2, 0.25) is 0 Å². The summed E-state index contributed by atoms with van der Waals surface area (Å²) >= 11 is 0. The molecule has 0 saturated carbocycles. The molecule has 0 N–H and O–H groups in total. The molecule has 0 radical (unpaired) electrons. The minimum Gasteiger partial charge on any atom is -0.320 e. The van der Waals surface area contributed by atoms with Gasteiger partial charge in [-0.1, -0.05) is 0 Å². The highest BCUT2D eigenvalue weighted by Gasteiger charge is 2.47. The Balaban J connectivity index is 1.73. The second kappa shape index (κ2) is 7.80. The van der Waals surface area contributed by atoms with E-state index in [1.54, 1.807) is 30.6 Å². The van der Waals surface area contributed by atoms with Crippen LogP contribution in [0.15, 0.2) is 36.8 Å². The molecule has 0 aliphatic carbocycles.